The van der Waals surface area contributed by atoms with Crippen molar-refractivity contribution in [2.45, 2.75) is 44.8 Å². The Bertz CT molecular complexity index is 317. The molecule has 1 aliphatic heterocycles. The Hall–Kier alpha value is -0.830. The molecule has 2 fully saturated rings. The van der Waals surface area contributed by atoms with Crippen LogP contribution in [0.2, 0.25) is 0 Å². The molecule has 17 heavy (non-hydrogen) atoms. The predicted molar refractivity (Wildman–Crippen MR) is 63.1 cm³/mol. The van der Waals surface area contributed by atoms with Gasteiger partial charge in [-0.25, -0.2) is 0 Å². The van der Waals surface area contributed by atoms with Crippen LogP contribution in [0.1, 0.15) is 38.5 Å². The Balaban J connectivity index is 1.45. The van der Waals surface area contributed by atoms with Crippen molar-refractivity contribution in [3.05, 3.63) is 12.2 Å². The van der Waals surface area contributed by atoms with Crippen molar-refractivity contribution < 1.29 is 14.3 Å². The first-order valence-electron chi connectivity index (χ1n) is 6.80. The van der Waals surface area contributed by atoms with Crippen LogP contribution in [-0.4, -0.2) is 18.9 Å². The lowest BCUT2D eigenvalue weighted by Gasteiger charge is -2.24. The van der Waals surface area contributed by atoms with Crippen LogP contribution in [0.5, 0.6) is 0 Å². The molecule has 0 N–H and O–H groups in total. The van der Waals surface area contributed by atoms with Crippen LogP contribution in [0.15, 0.2) is 12.2 Å². The summed E-state index contributed by atoms with van der Waals surface area (Å²) in [5.41, 5.74) is 0. The zero-order valence-corrected chi connectivity index (χ0v) is 10.1. The fraction of sp³-hybridized carbons (Fsp3) is 0.786. The van der Waals surface area contributed by atoms with Gasteiger partial charge in [0, 0.05) is 12.8 Å². The van der Waals surface area contributed by atoms with Crippen molar-refractivity contribution in [3.8, 4) is 0 Å². The van der Waals surface area contributed by atoms with E-state index in [-0.39, 0.29) is 12.3 Å². The smallest absolute Gasteiger partial charge is 0.308 e. The highest BCUT2D eigenvalue weighted by Crippen LogP contribution is 2.45. The minimum atomic E-state index is -0.273. The number of fused-ring (bicyclic) bond motifs is 2. The number of carbonyl (C=O) groups excluding carboxylic acids is 1. The lowest BCUT2D eigenvalue weighted by Crippen LogP contribution is -2.26. The summed E-state index contributed by atoms with van der Waals surface area (Å²) in [5.74, 6) is 1.80. The van der Waals surface area contributed by atoms with E-state index >= 15 is 0 Å². The summed E-state index contributed by atoms with van der Waals surface area (Å²) < 4.78 is 10.8. The number of hydrogen-bond donors (Lipinski definition) is 0. The first-order chi connectivity index (χ1) is 8.31. The van der Waals surface area contributed by atoms with Crippen molar-refractivity contribution >= 4 is 5.97 Å². The average Bonchev–Trinajstić information content (AvgIpc) is 2.92. The zero-order valence-electron chi connectivity index (χ0n) is 10.1. The summed E-state index contributed by atoms with van der Waals surface area (Å²) in [6.45, 7) is 0.731. The fourth-order valence-corrected chi connectivity index (χ4v) is 3.34. The predicted octanol–water partition coefficient (Wildman–Crippen LogP) is 2.66. The quantitative estimate of drug-likeness (QED) is 0.558. The topological polar surface area (TPSA) is 35.5 Å². The standard InChI is InChI=1S/C14H20O3/c15-13(17-14-3-1-2-6-16-14)9-12-8-10-4-5-11(12)7-10/h4-5,10-12,14H,1-3,6-9H2. The summed E-state index contributed by atoms with van der Waals surface area (Å²) in [5, 5.41) is 0. The number of esters is 1. The SMILES string of the molecule is O=C(CC1CC2C=CC1C2)OC1CCCCO1. The van der Waals surface area contributed by atoms with Crippen LogP contribution in [0.3, 0.4) is 0 Å². The molecule has 0 amide bonds. The second-order valence-corrected chi connectivity index (χ2v) is 5.53. The molecule has 2 aliphatic carbocycles. The highest BCUT2D eigenvalue weighted by Gasteiger charge is 2.37. The van der Waals surface area contributed by atoms with Gasteiger partial charge in [-0.2, -0.15) is 0 Å². The summed E-state index contributed by atoms with van der Waals surface area (Å²) in [6.07, 6.45) is 10.4. The summed E-state index contributed by atoms with van der Waals surface area (Å²) in [7, 11) is 0. The maximum atomic E-state index is 11.8. The van der Waals surface area contributed by atoms with E-state index in [2.05, 4.69) is 12.2 Å². The van der Waals surface area contributed by atoms with Gasteiger partial charge in [-0.1, -0.05) is 12.2 Å². The first-order valence-corrected chi connectivity index (χ1v) is 6.80. The molecule has 2 bridgehead atoms. The van der Waals surface area contributed by atoms with Crippen molar-refractivity contribution in [1.82, 2.24) is 0 Å². The minimum absolute atomic E-state index is 0.0668. The van der Waals surface area contributed by atoms with Crippen molar-refractivity contribution in [1.29, 1.82) is 0 Å². The van der Waals surface area contributed by atoms with Crippen molar-refractivity contribution in [3.63, 3.8) is 0 Å². The molecule has 0 radical (unpaired) electrons. The zero-order chi connectivity index (χ0) is 11.7. The van der Waals surface area contributed by atoms with Gasteiger partial charge >= 0.3 is 5.97 Å². The third-order valence-electron chi connectivity index (χ3n) is 4.25. The van der Waals surface area contributed by atoms with E-state index in [0.29, 0.717) is 18.3 Å². The van der Waals surface area contributed by atoms with Gasteiger partial charge in [-0.3, -0.25) is 4.79 Å². The van der Waals surface area contributed by atoms with Crippen LogP contribution < -0.4 is 0 Å². The van der Waals surface area contributed by atoms with E-state index in [4.69, 9.17) is 9.47 Å². The molecule has 0 spiro atoms. The Morgan fingerprint density at radius 3 is 2.88 bits per heavy atom. The van der Waals surface area contributed by atoms with Gasteiger partial charge < -0.3 is 9.47 Å². The number of allylic oxidation sites excluding steroid dienone is 2. The molecule has 3 rings (SSSR count). The van der Waals surface area contributed by atoms with Gasteiger partial charge in [0.2, 0.25) is 6.29 Å². The van der Waals surface area contributed by atoms with E-state index < -0.39 is 0 Å². The summed E-state index contributed by atoms with van der Waals surface area (Å²) in [6, 6.07) is 0. The molecule has 0 aromatic rings. The van der Waals surface area contributed by atoms with Gasteiger partial charge in [-0.05, 0) is 43.4 Å². The van der Waals surface area contributed by atoms with Gasteiger partial charge in [0.05, 0.1) is 6.61 Å². The van der Waals surface area contributed by atoms with Gasteiger partial charge in [0.15, 0.2) is 0 Å². The molecule has 0 aromatic heterocycles. The van der Waals surface area contributed by atoms with Gasteiger partial charge in [-0.15, -0.1) is 0 Å². The third-order valence-corrected chi connectivity index (χ3v) is 4.25. The number of hydrogen-bond acceptors (Lipinski definition) is 3. The number of rotatable bonds is 3. The molecular weight excluding hydrogens is 216 g/mol. The minimum Gasteiger partial charge on any atom is -0.436 e. The molecule has 1 saturated carbocycles. The molecule has 0 aromatic carbocycles. The van der Waals surface area contributed by atoms with E-state index in [1.807, 2.05) is 0 Å². The largest absolute Gasteiger partial charge is 0.436 e. The second kappa shape index (κ2) is 4.81. The van der Waals surface area contributed by atoms with Gasteiger partial charge in [0.1, 0.15) is 0 Å². The summed E-state index contributed by atoms with van der Waals surface area (Å²) in [4.78, 5) is 11.8. The summed E-state index contributed by atoms with van der Waals surface area (Å²) >= 11 is 0. The van der Waals surface area contributed by atoms with Gasteiger partial charge in [0.25, 0.3) is 0 Å². The Morgan fingerprint density at radius 1 is 1.29 bits per heavy atom. The third kappa shape index (κ3) is 2.54. The molecule has 3 heteroatoms. The highest BCUT2D eigenvalue weighted by atomic mass is 16.7. The van der Waals surface area contributed by atoms with Crippen LogP contribution in [0.25, 0.3) is 0 Å². The van der Waals surface area contributed by atoms with Crippen LogP contribution in [-0.2, 0) is 14.3 Å². The first kappa shape index (κ1) is 11.3. The molecule has 1 heterocycles. The van der Waals surface area contributed by atoms with Crippen LogP contribution >= 0.6 is 0 Å². The molecule has 3 nitrogen and oxygen atoms in total. The van der Waals surface area contributed by atoms with Crippen molar-refractivity contribution in [2.75, 3.05) is 6.61 Å². The van der Waals surface area contributed by atoms with Crippen molar-refractivity contribution in [2.24, 2.45) is 17.8 Å². The van der Waals surface area contributed by atoms with Crippen LogP contribution in [0, 0.1) is 17.8 Å². The number of ether oxygens (including phenoxy) is 2. The molecule has 94 valence electrons. The van der Waals surface area contributed by atoms with E-state index in [9.17, 15) is 4.79 Å². The number of carbonyl (C=O) groups is 1. The second-order valence-electron chi connectivity index (χ2n) is 5.53. The Kier molecular flexibility index (Phi) is 3.19. The fourth-order valence-electron chi connectivity index (χ4n) is 3.34. The van der Waals surface area contributed by atoms with E-state index in [1.54, 1.807) is 0 Å². The van der Waals surface area contributed by atoms with E-state index in [0.717, 1.165) is 31.8 Å². The van der Waals surface area contributed by atoms with Crippen LogP contribution in [0.4, 0.5) is 0 Å². The molecule has 3 aliphatic rings. The molecule has 4 atom stereocenters. The molecular formula is C14H20O3. The molecule has 1 saturated heterocycles. The monoisotopic (exact) mass is 236 g/mol. The maximum Gasteiger partial charge on any atom is 0.308 e. The lowest BCUT2D eigenvalue weighted by molar-refractivity contribution is -0.187. The van der Waals surface area contributed by atoms with E-state index in [1.165, 1.54) is 12.8 Å². The molecule has 4 unspecified atom stereocenters. The lowest BCUT2D eigenvalue weighted by atomic mass is 9.91. The highest BCUT2D eigenvalue weighted by molar-refractivity contribution is 5.70. The maximum absolute atomic E-state index is 11.8. The Morgan fingerprint density at radius 2 is 2.24 bits per heavy atom. The Labute approximate surface area is 102 Å². The normalized spacial score (nSPS) is 39.5. The average molecular weight is 236 g/mol.